The van der Waals surface area contributed by atoms with E-state index in [0.717, 1.165) is 9.27 Å². The molecule has 0 fully saturated rings. The number of ether oxygens (including phenoxy) is 1. The Balaban J connectivity index is 1.58. The van der Waals surface area contributed by atoms with Crippen molar-refractivity contribution in [2.24, 2.45) is 14.1 Å². The zero-order valence-corrected chi connectivity index (χ0v) is 17.7. The predicted molar refractivity (Wildman–Crippen MR) is 114 cm³/mol. The second kappa shape index (κ2) is 7.80. The standard InChI is InChI=1S/C19H18N6O5S/c1-4-30-17(28)10-5-6-11-12(7-10)31-18(21-11)22-13(26)8-25-9-20-15-14(25)16(27)24(3)19(29)23(15)2/h5-7,9H,4,8H2,1-3H3,(H,21,22,26). The van der Waals surface area contributed by atoms with E-state index < -0.39 is 23.1 Å². The minimum Gasteiger partial charge on any atom is -0.462 e. The number of rotatable bonds is 5. The van der Waals surface area contributed by atoms with E-state index in [1.807, 2.05) is 0 Å². The molecule has 31 heavy (non-hydrogen) atoms. The lowest BCUT2D eigenvalue weighted by Gasteiger charge is -2.06. The topological polar surface area (TPSA) is 130 Å². The van der Waals surface area contributed by atoms with Crippen LogP contribution in [0.5, 0.6) is 0 Å². The Morgan fingerprint density at radius 1 is 1.19 bits per heavy atom. The molecule has 12 heteroatoms. The van der Waals surface area contributed by atoms with Crippen molar-refractivity contribution in [3.05, 3.63) is 50.9 Å². The fraction of sp³-hybridized carbons (Fsp3) is 0.263. The average Bonchev–Trinajstić information content (AvgIpc) is 3.33. The number of amides is 1. The molecule has 1 amide bonds. The Kier molecular flexibility index (Phi) is 5.15. The van der Waals surface area contributed by atoms with E-state index in [2.05, 4.69) is 15.3 Å². The maximum absolute atomic E-state index is 12.6. The summed E-state index contributed by atoms with van der Waals surface area (Å²) in [7, 11) is 2.88. The largest absolute Gasteiger partial charge is 0.462 e. The maximum Gasteiger partial charge on any atom is 0.338 e. The highest BCUT2D eigenvalue weighted by atomic mass is 32.1. The number of nitrogens with zero attached hydrogens (tertiary/aromatic N) is 5. The molecule has 0 bridgehead atoms. The van der Waals surface area contributed by atoms with E-state index in [0.29, 0.717) is 16.2 Å². The fourth-order valence-corrected chi connectivity index (χ4v) is 4.07. The number of carbonyl (C=O) groups is 2. The van der Waals surface area contributed by atoms with E-state index in [4.69, 9.17) is 4.74 Å². The predicted octanol–water partition coefficient (Wildman–Crippen LogP) is 0.859. The van der Waals surface area contributed by atoms with E-state index in [-0.39, 0.29) is 24.3 Å². The number of hydrogen-bond donors (Lipinski definition) is 1. The number of nitrogens with one attached hydrogen (secondary N) is 1. The van der Waals surface area contributed by atoms with Gasteiger partial charge in [0.2, 0.25) is 5.91 Å². The van der Waals surface area contributed by atoms with E-state index in [1.54, 1.807) is 25.1 Å². The minimum absolute atomic E-state index is 0.156. The Morgan fingerprint density at radius 3 is 2.71 bits per heavy atom. The summed E-state index contributed by atoms with van der Waals surface area (Å²) in [6.45, 7) is 1.82. The molecule has 0 aliphatic carbocycles. The van der Waals surface area contributed by atoms with Crippen molar-refractivity contribution in [1.29, 1.82) is 0 Å². The van der Waals surface area contributed by atoms with Crippen LogP contribution in [0.1, 0.15) is 17.3 Å². The van der Waals surface area contributed by atoms with Crippen molar-refractivity contribution in [3.8, 4) is 0 Å². The molecule has 0 aliphatic rings. The quantitative estimate of drug-likeness (QED) is 0.454. The summed E-state index contributed by atoms with van der Waals surface area (Å²) >= 11 is 1.21. The molecule has 0 spiro atoms. The highest BCUT2D eigenvalue weighted by Crippen LogP contribution is 2.27. The molecule has 0 radical (unpaired) electrons. The molecule has 0 saturated carbocycles. The number of aromatic nitrogens is 5. The Labute approximate surface area is 178 Å². The third kappa shape index (κ3) is 3.61. The molecule has 11 nitrogen and oxygen atoms in total. The SMILES string of the molecule is CCOC(=O)c1ccc2nc(NC(=O)Cn3cnc4c3c(=O)n(C)c(=O)n4C)sc2c1. The fourth-order valence-electron chi connectivity index (χ4n) is 3.15. The summed E-state index contributed by atoms with van der Waals surface area (Å²) in [5, 5.41) is 3.05. The number of carbonyl (C=O) groups excluding carboxylic acids is 2. The van der Waals surface area contributed by atoms with Gasteiger partial charge in [-0.2, -0.15) is 0 Å². The molecular weight excluding hydrogens is 424 g/mol. The van der Waals surface area contributed by atoms with Crippen LogP contribution in [0.2, 0.25) is 0 Å². The second-order valence-corrected chi connectivity index (χ2v) is 7.75. The van der Waals surface area contributed by atoms with E-state index >= 15 is 0 Å². The lowest BCUT2D eigenvalue weighted by atomic mass is 10.2. The summed E-state index contributed by atoms with van der Waals surface area (Å²) in [6.07, 6.45) is 1.34. The number of esters is 1. The molecule has 1 aromatic carbocycles. The Bertz CT molecular complexity index is 1460. The van der Waals surface area contributed by atoms with Gasteiger partial charge < -0.3 is 14.6 Å². The van der Waals surface area contributed by atoms with Gasteiger partial charge in [0.25, 0.3) is 5.56 Å². The zero-order chi connectivity index (χ0) is 22.3. The van der Waals surface area contributed by atoms with Crippen LogP contribution < -0.4 is 16.6 Å². The van der Waals surface area contributed by atoms with Crippen LogP contribution >= 0.6 is 11.3 Å². The number of thiazole rings is 1. The highest BCUT2D eigenvalue weighted by Gasteiger charge is 2.17. The Morgan fingerprint density at radius 2 is 1.97 bits per heavy atom. The molecule has 0 aliphatic heterocycles. The summed E-state index contributed by atoms with van der Waals surface area (Å²) in [4.78, 5) is 57.4. The van der Waals surface area contributed by atoms with Crippen LogP contribution in [-0.2, 0) is 30.2 Å². The number of hydrogen-bond acceptors (Lipinski definition) is 8. The number of imidazole rings is 1. The average molecular weight is 442 g/mol. The van der Waals surface area contributed by atoms with Gasteiger partial charge >= 0.3 is 11.7 Å². The third-order valence-corrected chi connectivity index (χ3v) is 5.61. The van der Waals surface area contributed by atoms with E-state index in [9.17, 15) is 19.2 Å². The van der Waals surface area contributed by atoms with E-state index in [1.165, 1.54) is 40.9 Å². The third-order valence-electron chi connectivity index (χ3n) is 4.68. The summed E-state index contributed by atoms with van der Waals surface area (Å²) in [5.74, 6) is -0.841. The molecule has 3 heterocycles. The molecule has 160 valence electrons. The molecule has 0 atom stereocenters. The van der Waals surface area contributed by atoms with Crippen molar-refractivity contribution < 1.29 is 14.3 Å². The molecule has 4 rings (SSSR count). The molecule has 3 aromatic heterocycles. The first-order chi connectivity index (χ1) is 14.8. The van der Waals surface area contributed by atoms with Gasteiger partial charge in [-0.15, -0.1) is 0 Å². The number of aryl methyl sites for hydroxylation is 1. The number of benzene rings is 1. The van der Waals surface area contributed by atoms with Gasteiger partial charge in [-0.25, -0.2) is 19.6 Å². The molecule has 4 aromatic rings. The van der Waals surface area contributed by atoms with Gasteiger partial charge in [0.1, 0.15) is 6.54 Å². The first-order valence-corrected chi connectivity index (χ1v) is 10.1. The lowest BCUT2D eigenvalue weighted by Crippen LogP contribution is -2.37. The summed E-state index contributed by atoms with van der Waals surface area (Å²) in [6, 6.07) is 4.96. The monoisotopic (exact) mass is 442 g/mol. The van der Waals surface area contributed by atoms with Gasteiger partial charge in [-0.05, 0) is 25.1 Å². The lowest BCUT2D eigenvalue weighted by molar-refractivity contribution is -0.116. The Hall–Kier alpha value is -3.80. The summed E-state index contributed by atoms with van der Waals surface area (Å²) < 4.78 is 9.32. The first-order valence-electron chi connectivity index (χ1n) is 9.28. The van der Waals surface area contributed by atoms with Gasteiger partial charge in [0.05, 0.1) is 28.7 Å². The van der Waals surface area contributed by atoms with Crippen molar-refractivity contribution >= 4 is 49.7 Å². The normalized spacial score (nSPS) is 11.2. The second-order valence-electron chi connectivity index (χ2n) is 6.72. The molecule has 1 N–H and O–H groups in total. The van der Waals surface area contributed by atoms with Crippen molar-refractivity contribution in [3.63, 3.8) is 0 Å². The molecular formula is C19H18N6O5S. The van der Waals surface area contributed by atoms with Crippen LogP contribution in [0, 0.1) is 0 Å². The smallest absolute Gasteiger partial charge is 0.338 e. The van der Waals surface area contributed by atoms with Crippen LogP contribution in [0.4, 0.5) is 5.13 Å². The van der Waals surface area contributed by atoms with Crippen molar-refractivity contribution in [2.75, 3.05) is 11.9 Å². The first kappa shape index (κ1) is 20.5. The van der Waals surface area contributed by atoms with Crippen LogP contribution in [0.3, 0.4) is 0 Å². The van der Waals surface area contributed by atoms with Gasteiger partial charge in [0.15, 0.2) is 16.3 Å². The van der Waals surface area contributed by atoms with Gasteiger partial charge in [0, 0.05) is 14.1 Å². The van der Waals surface area contributed by atoms with Gasteiger partial charge in [-0.3, -0.25) is 18.7 Å². The van der Waals surface area contributed by atoms with Crippen molar-refractivity contribution in [2.45, 2.75) is 13.5 Å². The number of anilines is 1. The van der Waals surface area contributed by atoms with Crippen LogP contribution in [0.25, 0.3) is 21.4 Å². The highest BCUT2D eigenvalue weighted by molar-refractivity contribution is 7.22. The number of fused-ring (bicyclic) bond motifs is 2. The minimum atomic E-state index is -0.533. The van der Waals surface area contributed by atoms with Crippen molar-refractivity contribution in [1.82, 2.24) is 23.7 Å². The van der Waals surface area contributed by atoms with Gasteiger partial charge in [-0.1, -0.05) is 11.3 Å². The zero-order valence-electron chi connectivity index (χ0n) is 16.9. The van der Waals surface area contributed by atoms with Crippen LogP contribution in [-0.4, -0.2) is 42.2 Å². The summed E-state index contributed by atoms with van der Waals surface area (Å²) in [5.41, 5.74) is 0.363. The molecule has 0 saturated heterocycles. The van der Waals surface area contributed by atoms with Crippen LogP contribution in [0.15, 0.2) is 34.1 Å². The maximum atomic E-state index is 12.6. The molecule has 0 unspecified atom stereocenters.